The minimum atomic E-state index is -0.831. The molecule has 4 aliphatic carbocycles. The van der Waals surface area contributed by atoms with Crippen molar-refractivity contribution in [2.24, 2.45) is 46.3 Å². The fraction of sp³-hybridized carbons (Fsp3) is 1.00. The number of hydrogen-bond acceptors (Lipinski definition) is 2. The van der Waals surface area contributed by atoms with Gasteiger partial charge in [0, 0.05) is 5.41 Å². The molecule has 0 radical (unpaired) electrons. The van der Waals surface area contributed by atoms with Crippen LogP contribution in [0.2, 0.25) is 0 Å². The van der Waals surface area contributed by atoms with Gasteiger partial charge in [0.05, 0.1) is 11.7 Å². The summed E-state index contributed by atoms with van der Waals surface area (Å²) in [5, 5.41) is 22.8. The van der Waals surface area contributed by atoms with E-state index in [2.05, 4.69) is 34.6 Å². The second kappa shape index (κ2) is 7.80. The third-order valence-corrected chi connectivity index (χ3v) is 11.0. The minimum absolute atomic E-state index is 0.0735. The number of aliphatic hydroxyl groups is 2. The van der Waals surface area contributed by atoms with Gasteiger partial charge in [-0.2, -0.15) is 0 Å². The van der Waals surface area contributed by atoms with Crippen LogP contribution in [0.4, 0.5) is 0 Å². The Morgan fingerprint density at radius 2 is 1.62 bits per heavy atom. The van der Waals surface area contributed by atoms with Crippen LogP contribution in [0.5, 0.6) is 0 Å². The van der Waals surface area contributed by atoms with E-state index in [1.165, 1.54) is 51.4 Å². The predicted molar refractivity (Wildman–Crippen MR) is 121 cm³/mol. The summed E-state index contributed by atoms with van der Waals surface area (Å²) in [6, 6.07) is 0. The Kier molecular flexibility index (Phi) is 5.95. The molecule has 0 amide bonds. The molecular weight excluding hydrogens is 356 g/mol. The predicted octanol–water partition coefficient (Wildman–Crippen LogP) is 6.58. The molecule has 9 atom stereocenters. The van der Waals surface area contributed by atoms with E-state index < -0.39 is 11.7 Å². The van der Waals surface area contributed by atoms with Crippen LogP contribution in [0.25, 0.3) is 0 Å². The van der Waals surface area contributed by atoms with E-state index in [1.807, 2.05) is 0 Å². The Balaban J connectivity index is 1.53. The van der Waals surface area contributed by atoms with Crippen molar-refractivity contribution in [1.82, 2.24) is 0 Å². The van der Waals surface area contributed by atoms with Crippen LogP contribution in [-0.2, 0) is 0 Å². The normalized spacial score (nSPS) is 50.7. The molecule has 0 aromatic rings. The third-order valence-electron chi connectivity index (χ3n) is 11.0. The van der Waals surface area contributed by atoms with E-state index in [1.54, 1.807) is 0 Å². The van der Waals surface area contributed by atoms with Gasteiger partial charge >= 0.3 is 0 Å². The molecule has 0 unspecified atom stereocenters. The standard InChI is InChI=1S/C27H48O2/c1-18(2)9-8-10-19(3)21-11-12-22-20-17-24(28)27(29)15-7-6-14-26(27,5)23(20)13-16-25(21,22)4/h18-24,28-29H,6-17H2,1-5H3/t19-,20-,21-,22+,23+,24+,25+,26+,27-/m0/s1. The first kappa shape index (κ1) is 22.1. The molecule has 0 spiro atoms. The van der Waals surface area contributed by atoms with E-state index in [0.717, 1.165) is 49.4 Å². The highest BCUT2D eigenvalue weighted by Crippen LogP contribution is 2.69. The average Bonchev–Trinajstić information content (AvgIpc) is 3.01. The zero-order chi connectivity index (χ0) is 21.0. The highest BCUT2D eigenvalue weighted by Gasteiger charge is 2.66. The molecule has 0 aromatic heterocycles. The average molecular weight is 405 g/mol. The Bertz CT molecular complexity index is 587. The molecule has 4 aliphatic rings. The number of fused-ring (bicyclic) bond motifs is 5. The van der Waals surface area contributed by atoms with Crippen molar-refractivity contribution >= 4 is 0 Å². The SMILES string of the molecule is CC(C)CCC[C@H](C)[C@@H]1CC[C@@H]2[C@@H]3C[C@@H](O)[C@@]4(O)CCCC[C@]4(C)[C@@H]3CC[C@@]21C. The number of hydrogen-bond donors (Lipinski definition) is 2. The summed E-state index contributed by atoms with van der Waals surface area (Å²) in [5.41, 5.74) is -0.448. The smallest absolute Gasteiger partial charge is 0.0961 e. The van der Waals surface area contributed by atoms with Crippen molar-refractivity contribution in [3.05, 3.63) is 0 Å². The second-order valence-corrected chi connectivity index (χ2v) is 12.7. The number of rotatable bonds is 5. The van der Waals surface area contributed by atoms with Crippen LogP contribution >= 0.6 is 0 Å². The molecule has 2 nitrogen and oxygen atoms in total. The van der Waals surface area contributed by atoms with E-state index in [4.69, 9.17) is 0 Å². The Hall–Kier alpha value is -0.0800. The molecule has 0 aliphatic heterocycles. The van der Waals surface area contributed by atoms with Gasteiger partial charge in [-0.05, 0) is 85.9 Å². The van der Waals surface area contributed by atoms with E-state index in [0.29, 0.717) is 17.3 Å². The van der Waals surface area contributed by atoms with Crippen molar-refractivity contribution < 1.29 is 10.2 Å². The van der Waals surface area contributed by atoms with Crippen LogP contribution in [0, 0.1) is 46.3 Å². The quantitative estimate of drug-likeness (QED) is 0.543. The van der Waals surface area contributed by atoms with Crippen LogP contribution in [0.3, 0.4) is 0 Å². The summed E-state index contributed by atoms with van der Waals surface area (Å²) >= 11 is 0. The van der Waals surface area contributed by atoms with Gasteiger partial charge in [0.1, 0.15) is 0 Å². The Labute approximate surface area is 180 Å². The third kappa shape index (κ3) is 3.34. The van der Waals surface area contributed by atoms with Gasteiger partial charge in [-0.25, -0.2) is 0 Å². The lowest BCUT2D eigenvalue weighted by molar-refractivity contribution is -0.253. The molecule has 4 saturated carbocycles. The highest BCUT2D eigenvalue weighted by atomic mass is 16.3. The molecule has 4 fully saturated rings. The summed E-state index contributed by atoms with van der Waals surface area (Å²) in [7, 11) is 0. The van der Waals surface area contributed by atoms with Crippen molar-refractivity contribution in [3.8, 4) is 0 Å². The van der Waals surface area contributed by atoms with Crippen LogP contribution in [0.1, 0.15) is 112 Å². The van der Waals surface area contributed by atoms with Crippen LogP contribution in [0.15, 0.2) is 0 Å². The highest BCUT2D eigenvalue weighted by molar-refractivity contribution is 5.16. The fourth-order valence-electron chi connectivity index (χ4n) is 9.33. The van der Waals surface area contributed by atoms with Gasteiger partial charge in [-0.3, -0.25) is 0 Å². The largest absolute Gasteiger partial charge is 0.390 e. The second-order valence-electron chi connectivity index (χ2n) is 12.7. The molecule has 2 heteroatoms. The molecule has 2 N–H and O–H groups in total. The molecule has 168 valence electrons. The van der Waals surface area contributed by atoms with Gasteiger partial charge < -0.3 is 10.2 Å². The van der Waals surface area contributed by atoms with Gasteiger partial charge in [0.25, 0.3) is 0 Å². The minimum Gasteiger partial charge on any atom is -0.390 e. The molecular formula is C27H48O2. The van der Waals surface area contributed by atoms with E-state index in [-0.39, 0.29) is 5.41 Å². The van der Waals surface area contributed by atoms with E-state index >= 15 is 0 Å². The monoisotopic (exact) mass is 404 g/mol. The first-order valence-electron chi connectivity index (χ1n) is 13.0. The first-order chi connectivity index (χ1) is 13.6. The molecule has 0 bridgehead atoms. The van der Waals surface area contributed by atoms with Crippen molar-refractivity contribution in [2.45, 2.75) is 123 Å². The van der Waals surface area contributed by atoms with Crippen molar-refractivity contribution in [2.75, 3.05) is 0 Å². The fourth-order valence-corrected chi connectivity index (χ4v) is 9.33. The lowest BCUT2D eigenvalue weighted by Gasteiger charge is -2.65. The first-order valence-corrected chi connectivity index (χ1v) is 13.0. The van der Waals surface area contributed by atoms with Gasteiger partial charge in [0.2, 0.25) is 0 Å². The summed E-state index contributed by atoms with van der Waals surface area (Å²) in [4.78, 5) is 0. The summed E-state index contributed by atoms with van der Waals surface area (Å²) in [6.07, 6.45) is 14.1. The molecule has 0 saturated heterocycles. The summed E-state index contributed by atoms with van der Waals surface area (Å²) < 4.78 is 0. The van der Waals surface area contributed by atoms with Crippen LogP contribution in [-0.4, -0.2) is 21.9 Å². The van der Waals surface area contributed by atoms with Crippen LogP contribution < -0.4 is 0 Å². The van der Waals surface area contributed by atoms with Crippen molar-refractivity contribution in [1.29, 1.82) is 0 Å². The maximum atomic E-state index is 11.6. The zero-order valence-corrected chi connectivity index (χ0v) is 19.9. The summed E-state index contributed by atoms with van der Waals surface area (Å²) in [6.45, 7) is 12.2. The molecule has 0 heterocycles. The Morgan fingerprint density at radius 1 is 0.897 bits per heavy atom. The zero-order valence-electron chi connectivity index (χ0n) is 19.9. The van der Waals surface area contributed by atoms with Crippen molar-refractivity contribution in [3.63, 3.8) is 0 Å². The molecule has 0 aromatic carbocycles. The molecule has 29 heavy (non-hydrogen) atoms. The van der Waals surface area contributed by atoms with Gasteiger partial charge in [-0.15, -0.1) is 0 Å². The lowest BCUT2D eigenvalue weighted by atomic mass is 9.42. The summed E-state index contributed by atoms with van der Waals surface area (Å²) in [5.74, 6) is 4.51. The maximum Gasteiger partial charge on any atom is 0.0961 e. The number of aliphatic hydroxyl groups excluding tert-OH is 1. The molecule has 4 rings (SSSR count). The van der Waals surface area contributed by atoms with E-state index in [9.17, 15) is 10.2 Å². The maximum absolute atomic E-state index is 11.6. The van der Waals surface area contributed by atoms with Gasteiger partial charge in [0.15, 0.2) is 0 Å². The Morgan fingerprint density at radius 3 is 2.34 bits per heavy atom. The lowest BCUT2D eigenvalue weighted by Crippen LogP contribution is -2.67. The topological polar surface area (TPSA) is 40.5 Å². The van der Waals surface area contributed by atoms with Gasteiger partial charge in [-0.1, -0.05) is 66.7 Å².